The average molecular weight is 577 g/mol. The minimum atomic E-state index is -0.204. The quantitative estimate of drug-likeness (QED) is 0.117. The maximum Gasteiger partial charge on any atom is 0.157 e. The lowest BCUT2D eigenvalue weighted by Gasteiger charge is -2.47. The van der Waals surface area contributed by atoms with Gasteiger partial charge in [-0.3, -0.25) is 4.79 Å². The fraction of sp³-hybridized carbons (Fsp3) is 0.703. The summed E-state index contributed by atoms with van der Waals surface area (Å²) in [6.45, 7) is 32.1. The molecule has 1 aliphatic heterocycles. The van der Waals surface area contributed by atoms with E-state index in [2.05, 4.69) is 81.1 Å². The monoisotopic (exact) mass is 576 g/mol. The van der Waals surface area contributed by atoms with Crippen molar-refractivity contribution < 1.29 is 4.79 Å². The molecule has 0 aromatic heterocycles. The van der Waals surface area contributed by atoms with Crippen molar-refractivity contribution in [1.29, 1.82) is 0 Å². The molecule has 3 unspecified atom stereocenters. The molecule has 234 valence electrons. The van der Waals surface area contributed by atoms with Crippen LogP contribution in [0.3, 0.4) is 0 Å². The van der Waals surface area contributed by atoms with Crippen molar-refractivity contribution in [2.75, 3.05) is 6.54 Å². The number of ketones is 1. The number of piperidine rings is 1. The summed E-state index contributed by atoms with van der Waals surface area (Å²) in [7, 11) is 0. The second kappa shape index (κ2) is 14.2. The number of carbonyl (C=O) groups excluding carboxylic acids is 1. The summed E-state index contributed by atoms with van der Waals surface area (Å²) >= 11 is 0. The van der Waals surface area contributed by atoms with Crippen molar-refractivity contribution in [3.05, 3.63) is 49.1 Å². The third kappa shape index (κ3) is 8.27. The molecule has 0 aromatic rings. The first-order valence-electron chi connectivity index (χ1n) is 16.5. The molecule has 2 saturated carbocycles. The van der Waals surface area contributed by atoms with Gasteiger partial charge in [-0.1, -0.05) is 79.7 Å². The number of carbonyl (C=O) groups is 1. The molecule has 0 radical (unpaired) electrons. The first-order chi connectivity index (χ1) is 19.7. The van der Waals surface area contributed by atoms with Crippen LogP contribution in [-0.2, 0) is 4.79 Å². The Morgan fingerprint density at radius 1 is 1.14 bits per heavy atom. The molecule has 3 aliphatic rings. The van der Waals surface area contributed by atoms with Gasteiger partial charge in [0.25, 0.3) is 0 Å². The van der Waals surface area contributed by atoms with Gasteiger partial charge in [0.1, 0.15) is 0 Å². The minimum absolute atomic E-state index is 0.00509. The van der Waals surface area contributed by atoms with E-state index in [1.807, 2.05) is 0 Å². The van der Waals surface area contributed by atoms with Crippen LogP contribution in [0.25, 0.3) is 0 Å². The topological polar surface area (TPSA) is 56.4 Å². The van der Waals surface area contributed by atoms with Crippen LogP contribution in [0, 0.1) is 35.5 Å². The lowest BCUT2D eigenvalue weighted by Crippen LogP contribution is -2.55. The highest BCUT2D eigenvalue weighted by Crippen LogP contribution is 2.54. The molecule has 3 rings (SSSR count). The Morgan fingerprint density at radius 2 is 1.81 bits per heavy atom. The van der Waals surface area contributed by atoms with Gasteiger partial charge in [0.2, 0.25) is 0 Å². The van der Waals surface area contributed by atoms with Crippen LogP contribution in [0.4, 0.5) is 0 Å². The van der Waals surface area contributed by atoms with E-state index in [0.717, 1.165) is 43.0 Å². The van der Waals surface area contributed by atoms with E-state index in [1.54, 1.807) is 6.92 Å². The number of nitrogens with zero attached hydrogens (tertiary/aromatic N) is 1. The number of hydrogen-bond donors (Lipinski definition) is 3. The molecule has 0 amide bonds. The molecule has 3 fully saturated rings. The fourth-order valence-corrected chi connectivity index (χ4v) is 8.04. The number of fused-ring (bicyclic) bond motifs is 1. The van der Waals surface area contributed by atoms with E-state index >= 15 is 0 Å². The summed E-state index contributed by atoms with van der Waals surface area (Å²) in [6.07, 6.45) is 17.5. The Balaban J connectivity index is 1.84. The summed E-state index contributed by atoms with van der Waals surface area (Å²) in [5, 5.41) is 11.3. The van der Waals surface area contributed by atoms with Gasteiger partial charge >= 0.3 is 0 Å². The third-order valence-corrected chi connectivity index (χ3v) is 10.1. The van der Waals surface area contributed by atoms with Crippen LogP contribution < -0.4 is 16.0 Å². The normalized spacial score (nSPS) is 25.3. The number of nitrogens with one attached hydrogen (secondary N) is 3. The summed E-state index contributed by atoms with van der Waals surface area (Å²) in [6, 6.07) is 0.00415. The molecule has 0 bridgehead atoms. The molecule has 3 N–H and O–H groups in total. The second-order valence-corrected chi connectivity index (χ2v) is 14.6. The summed E-state index contributed by atoms with van der Waals surface area (Å²) in [4.78, 5) is 14.7. The van der Waals surface area contributed by atoms with Crippen LogP contribution in [0.15, 0.2) is 49.1 Å². The zero-order chi connectivity index (χ0) is 31.2. The molecule has 1 heterocycles. The van der Waals surface area contributed by atoms with Gasteiger partial charge in [0.15, 0.2) is 5.78 Å². The molecule has 42 heavy (non-hydrogen) atoms. The van der Waals surface area contributed by atoms with E-state index in [9.17, 15) is 4.79 Å². The molecule has 0 spiro atoms. The number of rotatable bonds is 18. The molecule has 0 aromatic carbocycles. The van der Waals surface area contributed by atoms with Gasteiger partial charge in [-0.2, -0.15) is 0 Å². The predicted molar refractivity (Wildman–Crippen MR) is 178 cm³/mol. The summed E-state index contributed by atoms with van der Waals surface area (Å²) < 4.78 is 0. The van der Waals surface area contributed by atoms with Crippen molar-refractivity contribution in [2.24, 2.45) is 23.2 Å². The highest BCUT2D eigenvalue weighted by atomic mass is 16.1. The molecule has 2 aliphatic carbocycles. The smallest absolute Gasteiger partial charge is 0.157 e. The number of likely N-dealkylation sites (tertiary alicyclic amines) is 1. The van der Waals surface area contributed by atoms with E-state index in [4.69, 9.17) is 13.0 Å². The van der Waals surface area contributed by atoms with Crippen LogP contribution >= 0.6 is 0 Å². The Hall–Kier alpha value is -2.61. The number of terminal acetylenes is 1. The van der Waals surface area contributed by atoms with Crippen LogP contribution in [-0.4, -0.2) is 40.9 Å². The zero-order valence-corrected chi connectivity index (χ0v) is 27.7. The van der Waals surface area contributed by atoms with Gasteiger partial charge in [-0.05, 0) is 75.5 Å². The van der Waals surface area contributed by atoms with Gasteiger partial charge < -0.3 is 20.9 Å². The first-order valence-corrected chi connectivity index (χ1v) is 16.5. The lowest BCUT2D eigenvalue weighted by atomic mass is 9.69. The van der Waals surface area contributed by atoms with Gasteiger partial charge in [-0.15, -0.1) is 12.3 Å². The molecule has 5 nitrogen and oxygen atoms in total. The lowest BCUT2D eigenvalue weighted by molar-refractivity contribution is -0.113. The van der Waals surface area contributed by atoms with Gasteiger partial charge in [0.05, 0.1) is 23.9 Å². The standard InChI is InChI=1S/C37H60N4O/c1-12-14-18-33(26(5)29(8)42)38-27(6)34-32-22-31(32)24-41(34)28(7)35(36(10)20-16-15-17-21-36)39-30(9)40-37(11,19-13-2)23-25(3)4/h1,25,31-35,38-40H,5-7,9,13-24H2,2-4,8,10-11H3/t31-,32-,33?,34?,35?,37-/m0/s1. The van der Waals surface area contributed by atoms with Gasteiger partial charge in [-0.25, -0.2) is 0 Å². The van der Waals surface area contributed by atoms with Crippen LogP contribution in [0.5, 0.6) is 0 Å². The summed E-state index contributed by atoms with van der Waals surface area (Å²) in [5.41, 5.74) is 2.73. The zero-order valence-electron chi connectivity index (χ0n) is 27.7. The van der Waals surface area contributed by atoms with Crippen molar-refractivity contribution >= 4 is 5.78 Å². The second-order valence-electron chi connectivity index (χ2n) is 14.6. The van der Waals surface area contributed by atoms with Crippen molar-refractivity contribution in [3.8, 4) is 12.3 Å². The van der Waals surface area contributed by atoms with E-state index in [1.165, 1.54) is 38.5 Å². The molecule has 5 heteroatoms. The Labute approximate surface area is 258 Å². The highest BCUT2D eigenvalue weighted by molar-refractivity contribution is 5.93. The fourth-order valence-electron chi connectivity index (χ4n) is 8.04. The Kier molecular flexibility index (Phi) is 11.5. The third-order valence-electron chi connectivity index (χ3n) is 10.1. The number of Topliss-reactive ketones (excluding diaryl/α,β-unsaturated/α-hetero) is 1. The van der Waals surface area contributed by atoms with E-state index < -0.39 is 0 Å². The summed E-state index contributed by atoms with van der Waals surface area (Å²) in [5.74, 6) is 5.42. The molecular formula is C37H60N4O. The van der Waals surface area contributed by atoms with Crippen LogP contribution in [0.1, 0.15) is 112 Å². The first kappa shape index (κ1) is 33.9. The largest absolute Gasteiger partial charge is 0.380 e. The van der Waals surface area contributed by atoms with E-state index in [0.29, 0.717) is 36.2 Å². The maximum atomic E-state index is 12.2. The van der Waals surface area contributed by atoms with Gasteiger partial charge in [0, 0.05) is 35.5 Å². The van der Waals surface area contributed by atoms with Crippen molar-refractivity contribution in [3.63, 3.8) is 0 Å². The molecule has 1 saturated heterocycles. The highest BCUT2D eigenvalue weighted by Gasteiger charge is 2.55. The Bertz CT molecular complexity index is 1060. The number of hydrogen-bond acceptors (Lipinski definition) is 5. The Morgan fingerprint density at radius 3 is 2.38 bits per heavy atom. The maximum absolute atomic E-state index is 12.2. The van der Waals surface area contributed by atoms with Crippen molar-refractivity contribution in [2.45, 2.75) is 136 Å². The van der Waals surface area contributed by atoms with Crippen LogP contribution in [0.2, 0.25) is 0 Å². The minimum Gasteiger partial charge on any atom is -0.380 e. The molecule has 6 atom stereocenters. The average Bonchev–Trinajstić information content (AvgIpc) is 3.57. The predicted octanol–water partition coefficient (Wildman–Crippen LogP) is 7.45. The van der Waals surface area contributed by atoms with Crippen molar-refractivity contribution in [1.82, 2.24) is 20.9 Å². The SMILES string of the molecule is C#CCCC(NC(=C)C1[C@H]2C[C@H]2CN1C(=C)C(NC(=C)N[C@@](C)(CCC)CC(C)C)C1(C)CCCCC1)C(=C)C(C)=O. The van der Waals surface area contributed by atoms with E-state index in [-0.39, 0.29) is 34.9 Å². The molecular weight excluding hydrogens is 516 g/mol.